The molecular formula is C11H19BrO. The maximum absolute atomic E-state index is 5.86. The Morgan fingerprint density at radius 2 is 1.77 bits per heavy atom. The third-order valence-corrected chi connectivity index (χ3v) is 4.26. The number of hydrogen-bond donors (Lipinski definition) is 0. The molecule has 0 radical (unpaired) electrons. The average Bonchev–Trinajstić information content (AvgIpc) is 2.19. The van der Waals surface area contributed by atoms with Gasteiger partial charge in [-0.15, -0.1) is 0 Å². The first-order valence-electron chi connectivity index (χ1n) is 5.62. The molecule has 0 spiro atoms. The Bertz CT molecular complexity index is 154. The van der Waals surface area contributed by atoms with Crippen LogP contribution < -0.4 is 0 Å². The highest BCUT2D eigenvalue weighted by molar-refractivity contribution is 9.09. The zero-order valence-corrected chi connectivity index (χ0v) is 9.76. The number of hydrogen-bond acceptors (Lipinski definition) is 1. The van der Waals surface area contributed by atoms with Crippen LogP contribution in [0.3, 0.4) is 0 Å². The van der Waals surface area contributed by atoms with E-state index < -0.39 is 0 Å². The zero-order chi connectivity index (χ0) is 9.10. The smallest absolute Gasteiger partial charge is 0.0613 e. The normalized spacial score (nSPS) is 37.6. The predicted molar refractivity (Wildman–Crippen MR) is 58.3 cm³/mol. The van der Waals surface area contributed by atoms with Gasteiger partial charge in [0.25, 0.3) is 0 Å². The molecule has 76 valence electrons. The van der Waals surface area contributed by atoms with E-state index in [4.69, 9.17) is 4.74 Å². The van der Waals surface area contributed by atoms with Gasteiger partial charge in [-0.1, -0.05) is 35.2 Å². The van der Waals surface area contributed by atoms with Crippen LogP contribution in [0.25, 0.3) is 0 Å². The summed E-state index contributed by atoms with van der Waals surface area (Å²) in [6, 6.07) is 0. The second-order valence-corrected chi connectivity index (χ2v) is 5.72. The molecule has 0 aromatic carbocycles. The summed E-state index contributed by atoms with van der Waals surface area (Å²) in [5, 5.41) is 0. The maximum atomic E-state index is 5.86. The Hall–Kier alpha value is 0.440. The van der Waals surface area contributed by atoms with Crippen molar-refractivity contribution in [2.24, 2.45) is 5.92 Å². The SMILES string of the molecule is Br[C@H]1CCO[C@H](C2CCCCC2)C1. The minimum Gasteiger partial charge on any atom is -0.378 e. The van der Waals surface area contributed by atoms with Crippen molar-refractivity contribution in [3.8, 4) is 0 Å². The standard InChI is InChI=1S/C11H19BrO/c12-10-6-7-13-11(8-10)9-4-2-1-3-5-9/h9-11H,1-8H2/t10-,11-/m0/s1. The van der Waals surface area contributed by atoms with Gasteiger partial charge in [-0.25, -0.2) is 0 Å². The van der Waals surface area contributed by atoms with Gasteiger partial charge in [0, 0.05) is 11.4 Å². The van der Waals surface area contributed by atoms with Gasteiger partial charge in [0.15, 0.2) is 0 Å². The van der Waals surface area contributed by atoms with Crippen molar-refractivity contribution >= 4 is 15.9 Å². The minimum atomic E-state index is 0.568. The number of rotatable bonds is 1. The molecular weight excluding hydrogens is 228 g/mol. The van der Waals surface area contributed by atoms with E-state index in [9.17, 15) is 0 Å². The van der Waals surface area contributed by atoms with Crippen LogP contribution in [0, 0.1) is 5.92 Å². The molecule has 0 N–H and O–H groups in total. The number of halogens is 1. The lowest BCUT2D eigenvalue weighted by atomic mass is 9.83. The first kappa shape index (κ1) is 9.97. The fourth-order valence-electron chi connectivity index (χ4n) is 2.62. The van der Waals surface area contributed by atoms with Crippen molar-refractivity contribution in [3.63, 3.8) is 0 Å². The van der Waals surface area contributed by atoms with Gasteiger partial charge in [0.2, 0.25) is 0 Å². The summed E-state index contributed by atoms with van der Waals surface area (Å²) in [6.45, 7) is 0.969. The average molecular weight is 247 g/mol. The van der Waals surface area contributed by atoms with Crippen molar-refractivity contribution in [1.29, 1.82) is 0 Å². The Labute approximate surface area is 89.4 Å². The van der Waals surface area contributed by atoms with E-state index >= 15 is 0 Å². The van der Waals surface area contributed by atoms with Gasteiger partial charge in [-0.3, -0.25) is 0 Å². The van der Waals surface area contributed by atoms with Crippen LogP contribution in [-0.4, -0.2) is 17.5 Å². The lowest BCUT2D eigenvalue weighted by molar-refractivity contribution is -0.0272. The maximum Gasteiger partial charge on any atom is 0.0613 e. The molecule has 2 fully saturated rings. The van der Waals surface area contributed by atoms with Gasteiger partial charge < -0.3 is 4.74 Å². The highest BCUT2D eigenvalue weighted by atomic mass is 79.9. The van der Waals surface area contributed by atoms with Crippen LogP contribution in [0.2, 0.25) is 0 Å². The molecule has 1 heterocycles. The van der Waals surface area contributed by atoms with Crippen LogP contribution >= 0.6 is 15.9 Å². The topological polar surface area (TPSA) is 9.23 Å². The quantitative estimate of drug-likeness (QED) is 0.644. The molecule has 0 aromatic heterocycles. The van der Waals surface area contributed by atoms with E-state index in [2.05, 4.69) is 15.9 Å². The lowest BCUT2D eigenvalue weighted by Gasteiger charge is -2.34. The summed E-state index contributed by atoms with van der Waals surface area (Å²) >= 11 is 3.72. The highest BCUT2D eigenvalue weighted by Crippen LogP contribution is 2.33. The molecule has 0 unspecified atom stereocenters. The van der Waals surface area contributed by atoms with E-state index in [0.29, 0.717) is 10.9 Å². The van der Waals surface area contributed by atoms with Crippen molar-refractivity contribution < 1.29 is 4.74 Å². The fraction of sp³-hybridized carbons (Fsp3) is 1.00. The van der Waals surface area contributed by atoms with E-state index in [0.717, 1.165) is 12.5 Å². The molecule has 0 amide bonds. The van der Waals surface area contributed by atoms with Crippen LogP contribution in [-0.2, 0) is 4.74 Å². The molecule has 1 aliphatic heterocycles. The van der Waals surface area contributed by atoms with E-state index in [-0.39, 0.29) is 0 Å². The Kier molecular flexibility index (Phi) is 3.67. The van der Waals surface area contributed by atoms with Crippen molar-refractivity contribution in [2.75, 3.05) is 6.61 Å². The Morgan fingerprint density at radius 1 is 1.00 bits per heavy atom. The van der Waals surface area contributed by atoms with Gasteiger partial charge in [0.05, 0.1) is 6.10 Å². The molecule has 2 aliphatic rings. The van der Waals surface area contributed by atoms with Crippen LogP contribution in [0.5, 0.6) is 0 Å². The van der Waals surface area contributed by atoms with E-state index in [1.54, 1.807) is 0 Å². The molecule has 1 aliphatic carbocycles. The summed E-state index contributed by atoms with van der Waals surface area (Å²) < 4.78 is 5.86. The predicted octanol–water partition coefficient (Wildman–Crippen LogP) is 3.51. The number of ether oxygens (including phenoxy) is 1. The van der Waals surface area contributed by atoms with E-state index in [1.165, 1.54) is 44.9 Å². The largest absolute Gasteiger partial charge is 0.378 e. The first-order valence-corrected chi connectivity index (χ1v) is 6.53. The monoisotopic (exact) mass is 246 g/mol. The highest BCUT2D eigenvalue weighted by Gasteiger charge is 2.28. The van der Waals surface area contributed by atoms with Gasteiger partial charge in [-0.2, -0.15) is 0 Å². The molecule has 1 saturated heterocycles. The lowest BCUT2D eigenvalue weighted by Crippen LogP contribution is -2.33. The Morgan fingerprint density at radius 3 is 2.46 bits per heavy atom. The third kappa shape index (κ3) is 2.69. The van der Waals surface area contributed by atoms with Gasteiger partial charge in [-0.05, 0) is 31.6 Å². The molecule has 2 rings (SSSR count). The molecule has 0 aromatic rings. The molecule has 1 saturated carbocycles. The Balaban J connectivity index is 1.83. The molecule has 2 heteroatoms. The van der Waals surface area contributed by atoms with E-state index in [1.807, 2.05) is 0 Å². The second-order valence-electron chi connectivity index (χ2n) is 4.43. The van der Waals surface area contributed by atoms with Gasteiger partial charge in [0.1, 0.15) is 0 Å². The molecule has 13 heavy (non-hydrogen) atoms. The van der Waals surface area contributed by atoms with Crippen LogP contribution in [0.4, 0.5) is 0 Å². The summed E-state index contributed by atoms with van der Waals surface area (Å²) in [5.41, 5.74) is 0. The molecule has 1 nitrogen and oxygen atoms in total. The van der Waals surface area contributed by atoms with Crippen LogP contribution in [0.1, 0.15) is 44.9 Å². The summed E-state index contributed by atoms with van der Waals surface area (Å²) in [7, 11) is 0. The fourth-order valence-corrected chi connectivity index (χ4v) is 3.18. The van der Waals surface area contributed by atoms with Crippen molar-refractivity contribution in [3.05, 3.63) is 0 Å². The third-order valence-electron chi connectivity index (χ3n) is 3.43. The van der Waals surface area contributed by atoms with Crippen molar-refractivity contribution in [2.45, 2.75) is 55.9 Å². The van der Waals surface area contributed by atoms with Crippen LogP contribution in [0.15, 0.2) is 0 Å². The first-order chi connectivity index (χ1) is 6.36. The minimum absolute atomic E-state index is 0.568. The molecule has 2 atom stereocenters. The summed E-state index contributed by atoms with van der Waals surface area (Å²) in [4.78, 5) is 0.716. The zero-order valence-electron chi connectivity index (χ0n) is 8.18. The molecule has 0 bridgehead atoms. The summed E-state index contributed by atoms with van der Waals surface area (Å²) in [5.74, 6) is 0.870. The summed E-state index contributed by atoms with van der Waals surface area (Å²) in [6.07, 6.45) is 10.1. The van der Waals surface area contributed by atoms with Crippen molar-refractivity contribution in [1.82, 2.24) is 0 Å². The second kappa shape index (κ2) is 4.79. The number of alkyl halides is 1. The van der Waals surface area contributed by atoms with Gasteiger partial charge >= 0.3 is 0 Å².